The van der Waals surface area contributed by atoms with Crippen molar-refractivity contribution in [2.75, 3.05) is 6.54 Å². The first-order valence-corrected chi connectivity index (χ1v) is 5.66. The van der Waals surface area contributed by atoms with Gasteiger partial charge in [0.25, 0.3) is 0 Å². The van der Waals surface area contributed by atoms with E-state index in [0.29, 0.717) is 11.7 Å². The zero-order valence-corrected chi connectivity index (χ0v) is 10.6. The fraction of sp³-hybridized carbons (Fsp3) is 1.00. The lowest BCUT2D eigenvalue weighted by atomic mass is 9.95. The standard InChI is InChI=1S/C10H14F9N/c1-3-6(2)4-5-20-7(8(11,12)13,9(14,15)16)10(17,18)19/h6,20H,3-5H2,1-2H3. The van der Waals surface area contributed by atoms with E-state index in [9.17, 15) is 39.5 Å². The van der Waals surface area contributed by atoms with Crippen LogP contribution in [0.4, 0.5) is 39.5 Å². The van der Waals surface area contributed by atoms with Crippen molar-refractivity contribution >= 4 is 0 Å². The summed E-state index contributed by atoms with van der Waals surface area (Å²) in [5, 5.41) is 0.643. The van der Waals surface area contributed by atoms with E-state index in [1.165, 1.54) is 6.92 Å². The van der Waals surface area contributed by atoms with Gasteiger partial charge in [-0.15, -0.1) is 0 Å². The van der Waals surface area contributed by atoms with E-state index >= 15 is 0 Å². The molecule has 0 aliphatic heterocycles. The lowest BCUT2D eigenvalue weighted by Gasteiger charge is -2.39. The van der Waals surface area contributed by atoms with Crippen molar-refractivity contribution in [1.82, 2.24) is 5.32 Å². The molecule has 10 heteroatoms. The van der Waals surface area contributed by atoms with Gasteiger partial charge in [-0.25, -0.2) is 0 Å². The second kappa shape index (κ2) is 5.98. The monoisotopic (exact) mass is 319 g/mol. The molecule has 0 aliphatic carbocycles. The van der Waals surface area contributed by atoms with Crippen molar-refractivity contribution in [3.63, 3.8) is 0 Å². The van der Waals surface area contributed by atoms with Gasteiger partial charge in [-0.1, -0.05) is 20.3 Å². The van der Waals surface area contributed by atoms with Crippen LogP contribution < -0.4 is 5.32 Å². The van der Waals surface area contributed by atoms with E-state index < -0.39 is 30.6 Å². The normalized spacial score (nSPS) is 16.4. The van der Waals surface area contributed by atoms with Crippen LogP contribution in [-0.2, 0) is 0 Å². The summed E-state index contributed by atoms with van der Waals surface area (Å²) >= 11 is 0. The van der Waals surface area contributed by atoms with Crippen LogP contribution >= 0.6 is 0 Å². The molecule has 122 valence electrons. The summed E-state index contributed by atoms with van der Waals surface area (Å²) in [6.45, 7) is 2.08. The van der Waals surface area contributed by atoms with Crippen LogP contribution in [0.5, 0.6) is 0 Å². The second-order valence-corrected chi connectivity index (χ2v) is 4.47. The predicted octanol–water partition coefficient (Wildman–Crippen LogP) is 4.44. The van der Waals surface area contributed by atoms with Gasteiger partial charge in [0.1, 0.15) is 0 Å². The Bertz CT molecular complexity index is 265. The van der Waals surface area contributed by atoms with Gasteiger partial charge >= 0.3 is 24.1 Å². The van der Waals surface area contributed by atoms with Gasteiger partial charge in [0.05, 0.1) is 0 Å². The summed E-state index contributed by atoms with van der Waals surface area (Å²) in [5.41, 5.74) is -5.90. The van der Waals surface area contributed by atoms with Crippen molar-refractivity contribution in [2.45, 2.75) is 50.8 Å². The maximum absolute atomic E-state index is 12.5. The number of rotatable bonds is 5. The van der Waals surface area contributed by atoms with Crippen LogP contribution in [0.2, 0.25) is 0 Å². The summed E-state index contributed by atoms with van der Waals surface area (Å²) in [6, 6.07) is 0. The van der Waals surface area contributed by atoms with Gasteiger partial charge in [-0.2, -0.15) is 39.5 Å². The molecule has 0 aromatic carbocycles. The van der Waals surface area contributed by atoms with Crippen LogP contribution in [0.15, 0.2) is 0 Å². The summed E-state index contributed by atoms with van der Waals surface area (Å²) in [6.07, 6.45) is -19.4. The Morgan fingerprint density at radius 2 is 1.15 bits per heavy atom. The number of hydrogen-bond donors (Lipinski definition) is 1. The molecule has 0 saturated heterocycles. The molecule has 0 fully saturated rings. The predicted molar refractivity (Wildman–Crippen MR) is 53.0 cm³/mol. The summed E-state index contributed by atoms with van der Waals surface area (Å²) < 4.78 is 112. The molecule has 0 rings (SSSR count). The molecule has 0 saturated carbocycles. The summed E-state index contributed by atoms with van der Waals surface area (Å²) in [5.74, 6) is -0.296. The Balaban J connectivity index is 5.46. The molecule has 1 atom stereocenters. The topological polar surface area (TPSA) is 12.0 Å². The van der Waals surface area contributed by atoms with Crippen molar-refractivity contribution in [3.05, 3.63) is 0 Å². The Hall–Kier alpha value is -0.670. The molecule has 0 amide bonds. The number of hydrogen-bond acceptors (Lipinski definition) is 1. The van der Waals surface area contributed by atoms with Crippen LogP contribution in [0.3, 0.4) is 0 Å². The average Bonchev–Trinajstić information content (AvgIpc) is 2.17. The highest BCUT2D eigenvalue weighted by molar-refractivity contribution is 5.07. The van der Waals surface area contributed by atoms with Gasteiger partial charge in [-0.05, 0) is 18.9 Å². The Morgan fingerprint density at radius 3 is 1.40 bits per heavy atom. The lowest BCUT2D eigenvalue weighted by molar-refractivity contribution is -0.389. The van der Waals surface area contributed by atoms with Crippen molar-refractivity contribution in [3.8, 4) is 0 Å². The van der Waals surface area contributed by atoms with E-state index in [-0.39, 0.29) is 12.3 Å². The summed E-state index contributed by atoms with van der Waals surface area (Å²) in [7, 11) is 0. The minimum Gasteiger partial charge on any atom is -0.288 e. The molecule has 1 unspecified atom stereocenters. The van der Waals surface area contributed by atoms with Crippen LogP contribution in [0.25, 0.3) is 0 Å². The lowest BCUT2D eigenvalue weighted by Crippen LogP contribution is -2.74. The van der Waals surface area contributed by atoms with Gasteiger partial charge in [0.15, 0.2) is 0 Å². The molecule has 0 bridgehead atoms. The van der Waals surface area contributed by atoms with Gasteiger partial charge in [-0.3, -0.25) is 5.32 Å². The third kappa shape index (κ3) is 3.70. The minimum absolute atomic E-state index is 0.236. The minimum atomic E-state index is -6.54. The first-order valence-electron chi connectivity index (χ1n) is 5.66. The fourth-order valence-electron chi connectivity index (χ4n) is 1.49. The quantitative estimate of drug-likeness (QED) is 0.739. The largest absolute Gasteiger partial charge is 0.424 e. The van der Waals surface area contributed by atoms with E-state index in [0.717, 1.165) is 0 Å². The molecule has 0 radical (unpaired) electrons. The van der Waals surface area contributed by atoms with E-state index in [2.05, 4.69) is 0 Å². The zero-order chi connectivity index (χ0) is 16.4. The van der Waals surface area contributed by atoms with Crippen molar-refractivity contribution in [2.24, 2.45) is 5.92 Å². The van der Waals surface area contributed by atoms with Crippen LogP contribution in [-0.4, -0.2) is 30.6 Å². The van der Waals surface area contributed by atoms with Crippen LogP contribution in [0.1, 0.15) is 26.7 Å². The van der Waals surface area contributed by atoms with Crippen LogP contribution in [0, 0.1) is 5.92 Å². The van der Waals surface area contributed by atoms with Crippen molar-refractivity contribution < 1.29 is 39.5 Å². The maximum atomic E-state index is 12.5. The average molecular weight is 319 g/mol. The number of alkyl halides is 9. The molecule has 0 aromatic heterocycles. The van der Waals surface area contributed by atoms with Crippen molar-refractivity contribution in [1.29, 1.82) is 0 Å². The maximum Gasteiger partial charge on any atom is 0.424 e. The Kier molecular flexibility index (Phi) is 5.78. The molecular weight excluding hydrogens is 305 g/mol. The zero-order valence-electron chi connectivity index (χ0n) is 10.6. The summed E-state index contributed by atoms with van der Waals surface area (Å²) in [4.78, 5) is 0. The van der Waals surface area contributed by atoms with Gasteiger partial charge < -0.3 is 0 Å². The number of nitrogens with one attached hydrogen (secondary N) is 1. The highest BCUT2D eigenvalue weighted by Crippen LogP contribution is 2.52. The first kappa shape index (κ1) is 19.3. The molecule has 0 spiro atoms. The van der Waals surface area contributed by atoms with Gasteiger partial charge in [0.2, 0.25) is 0 Å². The molecule has 1 N–H and O–H groups in total. The molecule has 0 aromatic rings. The third-order valence-electron chi connectivity index (χ3n) is 3.00. The molecule has 20 heavy (non-hydrogen) atoms. The van der Waals surface area contributed by atoms with E-state index in [1.54, 1.807) is 6.92 Å². The van der Waals surface area contributed by atoms with Gasteiger partial charge in [0, 0.05) is 0 Å². The fourth-order valence-corrected chi connectivity index (χ4v) is 1.49. The highest BCUT2D eigenvalue weighted by atomic mass is 19.4. The highest BCUT2D eigenvalue weighted by Gasteiger charge is 2.83. The molecular formula is C10H14F9N. The molecule has 0 heterocycles. The SMILES string of the molecule is CCC(C)CCNC(C(F)(F)F)(C(F)(F)F)C(F)(F)F. The first-order chi connectivity index (χ1) is 8.70. The Labute approximate surface area is 109 Å². The molecule has 1 nitrogen and oxygen atoms in total. The second-order valence-electron chi connectivity index (χ2n) is 4.47. The third-order valence-corrected chi connectivity index (χ3v) is 3.00. The Morgan fingerprint density at radius 1 is 0.800 bits per heavy atom. The molecule has 0 aliphatic rings. The smallest absolute Gasteiger partial charge is 0.288 e. The van der Waals surface area contributed by atoms with E-state index in [1.807, 2.05) is 0 Å². The number of halogens is 9. The van der Waals surface area contributed by atoms with E-state index in [4.69, 9.17) is 0 Å².